The molecule has 0 radical (unpaired) electrons. The van der Waals surface area contributed by atoms with Crippen LogP contribution >= 0.6 is 0 Å². The largest absolute Gasteiger partial charge is 0.373 e. The highest BCUT2D eigenvalue weighted by Gasteiger charge is 2.31. The van der Waals surface area contributed by atoms with Gasteiger partial charge in [-0.15, -0.1) is 0 Å². The minimum Gasteiger partial charge on any atom is -0.373 e. The summed E-state index contributed by atoms with van der Waals surface area (Å²) >= 11 is 0. The molecule has 4 nitrogen and oxygen atoms in total. The number of rotatable bonds is 3. The third-order valence-electron chi connectivity index (χ3n) is 3.60. The van der Waals surface area contributed by atoms with Gasteiger partial charge in [-0.25, -0.2) is 4.98 Å². The quantitative estimate of drug-likeness (QED) is 0.859. The fourth-order valence-electron chi connectivity index (χ4n) is 2.59. The Morgan fingerprint density at radius 2 is 2.18 bits per heavy atom. The van der Waals surface area contributed by atoms with Gasteiger partial charge in [0.05, 0.1) is 0 Å². The number of nitrogens with zero attached hydrogens (tertiary/aromatic N) is 3. The second-order valence-corrected chi connectivity index (χ2v) is 5.06. The molecule has 0 bridgehead atoms. The van der Waals surface area contributed by atoms with Gasteiger partial charge in [-0.3, -0.25) is 0 Å². The first kappa shape index (κ1) is 12.2. The van der Waals surface area contributed by atoms with Gasteiger partial charge in [0.1, 0.15) is 5.82 Å². The highest BCUT2D eigenvalue weighted by molar-refractivity contribution is 5.54. The molecule has 0 aliphatic carbocycles. The summed E-state index contributed by atoms with van der Waals surface area (Å²) in [4.78, 5) is 9.02. The summed E-state index contributed by atoms with van der Waals surface area (Å²) < 4.78 is 0. The molecule has 2 rings (SSSR count). The molecule has 1 fully saturated rings. The molecule has 0 amide bonds. The van der Waals surface area contributed by atoms with Crippen LogP contribution in [0.3, 0.4) is 0 Å². The van der Waals surface area contributed by atoms with E-state index in [1.54, 1.807) is 0 Å². The molecular weight excluding hydrogens is 212 g/mol. The summed E-state index contributed by atoms with van der Waals surface area (Å²) in [7, 11) is 6.23. The number of pyridine rings is 1. The average Bonchev–Trinajstić information content (AvgIpc) is 2.71. The van der Waals surface area contributed by atoms with E-state index in [4.69, 9.17) is 0 Å². The molecule has 1 saturated heterocycles. The highest BCUT2D eigenvalue weighted by Crippen LogP contribution is 2.26. The summed E-state index contributed by atoms with van der Waals surface area (Å²) in [6.07, 6.45) is 1.87. The van der Waals surface area contributed by atoms with Crippen LogP contribution < -0.4 is 10.2 Å². The van der Waals surface area contributed by atoms with Gasteiger partial charge < -0.3 is 15.1 Å². The Morgan fingerprint density at radius 3 is 2.76 bits per heavy atom. The third kappa shape index (κ3) is 2.52. The van der Waals surface area contributed by atoms with Crippen molar-refractivity contribution in [2.75, 3.05) is 44.4 Å². The minimum absolute atomic E-state index is 0.640. The number of hydrogen-bond acceptors (Lipinski definition) is 4. The lowest BCUT2D eigenvalue weighted by molar-refractivity contribution is 0.266. The van der Waals surface area contributed by atoms with Crippen LogP contribution in [0.1, 0.15) is 6.92 Å². The van der Waals surface area contributed by atoms with E-state index in [1.807, 2.05) is 13.2 Å². The first-order chi connectivity index (χ1) is 8.11. The van der Waals surface area contributed by atoms with Crippen molar-refractivity contribution < 1.29 is 0 Å². The van der Waals surface area contributed by atoms with Crippen LogP contribution in [-0.2, 0) is 0 Å². The van der Waals surface area contributed by atoms with Crippen molar-refractivity contribution in [2.45, 2.75) is 13.0 Å². The van der Waals surface area contributed by atoms with Gasteiger partial charge >= 0.3 is 0 Å². The van der Waals surface area contributed by atoms with Crippen LogP contribution in [0.15, 0.2) is 18.3 Å². The van der Waals surface area contributed by atoms with Gasteiger partial charge in [-0.1, -0.05) is 6.92 Å². The van der Waals surface area contributed by atoms with E-state index in [-0.39, 0.29) is 0 Å². The molecule has 0 aromatic carbocycles. The molecule has 1 aromatic rings. The number of anilines is 2. The monoisotopic (exact) mass is 234 g/mol. The van der Waals surface area contributed by atoms with Crippen LogP contribution in [0.4, 0.5) is 11.5 Å². The van der Waals surface area contributed by atoms with Crippen LogP contribution in [-0.4, -0.2) is 50.2 Å². The summed E-state index contributed by atoms with van der Waals surface area (Å²) in [6, 6.07) is 4.84. The predicted octanol–water partition coefficient (Wildman–Crippen LogP) is 1.51. The normalized spacial score (nSPS) is 24.4. The van der Waals surface area contributed by atoms with Crippen molar-refractivity contribution in [3.63, 3.8) is 0 Å². The lowest BCUT2D eigenvalue weighted by Crippen LogP contribution is -2.34. The molecule has 2 atom stereocenters. The Hall–Kier alpha value is -1.29. The number of likely N-dealkylation sites (N-methyl/N-ethyl adjacent to an activating group) is 1. The molecule has 4 heteroatoms. The summed E-state index contributed by atoms with van der Waals surface area (Å²) in [5.41, 5.74) is 1.26. The van der Waals surface area contributed by atoms with Gasteiger partial charge in [0.2, 0.25) is 0 Å². The van der Waals surface area contributed by atoms with Crippen molar-refractivity contribution in [1.29, 1.82) is 0 Å². The molecule has 94 valence electrons. The summed E-state index contributed by atoms with van der Waals surface area (Å²) in [5, 5.41) is 3.09. The van der Waals surface area contributed by atoms with Crippen molar-refractivity contribution in [3.05, 3.63) is 18.3 Å². The standard InChI is InChI=1S/C13H22N4/c1-10-8-17(9-12(10)16(3)4)11-5-6-15-13(7-11)14-2/h5-7,10,12H,8-9H2,1-4H3,(H,14,15). The maximum Gasteiger partial charge on any atom is 0.127 e. The van der Waals surface area contributed by atoms with Crippen molar-refractivity contribution in [2.24, 2.45) is 5.92 Å². The van der Waals surface area contributed by atoms with E-state index in [1.165, 1.54) is 5.69 Å². The number of hydrogen-bond donors (Lipinski definition) is 1. The van der Waals surface area contributed by atoms with E-state index in [0.29, 0.717) is 12.0 Å². The zero-order valence-corrected chi connectivity index (χ0v) is 11.1. The van der Waals surface area contributed by atoms with E-state index in [0.717, 1.165) is 18.9 Å². The van der Waals surface area contributed by atoms with Crippen molar-refractivity contribution in [1.82, 2.24) is 9.88 Å². The summed E-state index contributed by atoms with van der Waals surface area (Å²) in [5.74, 6) is 1.64. The Kier molecular flexibility index (Phi) is 3.52. The molecule has 1 N–H and O–H groups in total. The Morgan fingerprint density at radius 1 is 1.41 bits per heavy atom. The smallest absolute Gasteiger partial charge is 0.127 e. The first-order valence-electron chi connectivity index (χ1n) is 6.17. The SMILES string of the molecule is CNc1cc(N2CC(C)C(N(C)C)C2)ccn1. The van der Waals surface area contributed by atoms with Crippen LogP contribution in [0, 0.1) is 5.92 Å². The maximum atomic E-state index is 4.25. The Labute approximate surface area is 104 Å². The van der Waals surface area contributed by atoms with Gasteiger partial charge in [-0.2, -0.15) is 0 Å². The molecule has 1 aliphatic rings. The highest BCUT2D eigenvalue weighted by atomic mass is 15.2. The third-order valence-corrected chi connectivity index (χ3v) is 3.60. The van der Waals surface area contributed by atoms with Crippen molar-refractivity contribution in [3.8, 4) is 0 Å². The fraction of sp³-hybridized carbons (Fsp3) is 0.615. The molecular formula is C13H22N4. The molecule has 1 aliphatic heterocycles. The number of nitrogens with one attached hydrogen (secondary N) is 1. The van der Waals surface area contributed by atoms with E-state index < -0.39 is 0 Å². The molecule has 2 unspecified atom stereocenters. The topological polar surface area (TPSA) is 31.4 Å². The summed E-state index contributed by atoms with van der Waals surface area (Å²) in [6.45, 7) is 4.54. The zero-order chi connectivity index (χ0) is 12.4. The maximum absolute atomic E-state index is 4.25. The van der Waals surface area contributed by atoms with Gasteiger partial charge in [-0.05, 0) is 26.1 Å². The van der Waals surface area contributed by atoms with Crippen LogP contribution in [0.5, 0.6) is 0 Å². The van der Waals surface area contributed by atoms with E-state index in [9.17, 15) is 0 Å². The first-order valence-corrected chi connectivity index (χ1v) is 6.17. The molecule has 1 aromatic heterocycles. The molecule has 17 heavy (non-hydrogen) atoms. The lowest BCUT2D eigenvalue weighted by Gasteiger charge is -2.23. The molecule has 0 saturated carbocycles. The minimum atomic E-state index is 0.640. The lowest BCUT2D eigenvalue weighted by atomic mass is 10.1. The molecule has 2 heterocycles. The second-order valence-electron chi connectivity index (χ2n) is 5.06. The number of aromatic nitrogens is 1. The second kappa shape index (κ2) is 4.92. The fourth-order valence-corrected chi connectivity index (χ4v) is 2.59. The Bertz CT molecular complexity index is 377. The van der Waals surface area contributed by atoms with E-state index in [2.05, 4.69) is 53.3 Å². The molecule has 0 spiro atoms. The average molecular weight is 234 g/mol. The zero-order valence-electron chi connectivity index (χ0n) is 11.1. The van der Waals surface area contributed by atoms with Gasteiger partial charge in [0, 0.05) is 44.1 Å². The van der Waals surface area contributed by atoms with Crippen LogP contribution in [0.2, 0.25) is 0 Å². The van der Waals surface area contributed by atoms with Crippen molar-refractivity contribution >= 4 is 11.5 Å². The Balaban J connectivity index is 2.13. The van der Waals surface area contributed by atoms with E-state index >= 15 is 0 Å². The van der Waals surface area contributed by atoms with Gasteiger partial charge in [0.25, 0.3) is 0 Å². The van der Waals surface area contributed by atoms with Gasteiger partial charge in [0.15, 0.2) is 0 Å². The predicted molar refractivity (Wildman–Crippen MR) is 72.6 cm³/mol. The van der Waals surface area contributed by atoms with Crippen LogP contribution in [0.25, 0.3) is 0 Å².